The quantitative estimate of drug-likeness (QED) is 0.906. The largest absolute Gasteiger partial charge is 0.497 e. The van der Waals surface area contributed by atoms with Gasteiger partial charge in [-0.3, -0.25) is 4.79 Å². The molecule has 1 aliphatic rings. The third-order valence-corrected chi connectivity index (χ3v) is 4.19. The van der Waals surface area contributed by atoms with E-state index in [-0.39, 0.29) is 5.91 Å². The van der Waals surface area contributed by atoms with Crippen LogP contribution < -0.4 is 10.1 Å². The zero-order valence-corrected chi connectivity index (χ0v) is 13.7. The van der Waals surface area contributed by atoms with E-state index in [0.717, 1.165) is 30.0 Å². The molecule has 24 heavy (non-hydrogen) atoms. The molecule has 1 unspecified atom stereocenters. The van der Waals surface area contributed by atoms with Crippen LogP contribution in [0.4, 0.5) is 11.4 Å². The highest BCUT2D eigenvalue weighted by molar-refractivity contribution is 6.00. The van der Waals surface area contributed by atoms with Crippen molar-refractivity contribution >= 4 is 17.3 Å². The van der Waals surface area contributed by atoms with Crippen molar-refractivity contribution in [3.63, 3.8) is 0 Å². The van der Waals surface area contributed by atoms with Gasteiger partial charge in [-0.15, -0.1) is 0 Å². The second-order valence-electron chi connectivity index (χ2n) is 5.95. The van der Waals surface area contributed by atoms with Gasteiger partial charge in [-0.05, 0) is 37.1 Å². The Labute approximate surface area is 141 Å². The van der Waals surface area contributed by atoms with E-state index in [0.29, 0.717) is 18.7 Å². The lowest BCUT2D eigenvalue weighted by Crippen LogP contribution is -2.42. The van der Waals surface area contributed by atoms with Crippen molar-refractivity contribution in [2.45, 2.75) is 18.9 Å². The molecule has 1 aliphatic heterocycles. The third kappa shape index (κ3) is 3.68. The summed E-state index contributed by atoms with van der Waals surface area (Å²) >= 11 is 0. The predicted molar refractivity (Wildman–Crippen MR) is 93.9 cm³/mol. The molecular weight excluding hydrogens is 304 g/mol. The first kappa shape index (κ1) is 16.3. The number of aliphatic hydroxyl groups excluding tert-OH is 1. The van der Waals surface area contributed by atoms with E-state index in [9.17, 15) is 9.90 Å². The highest BCUT2D eigenvalue weighted by atomic mass is 16.5. The number of rotatable bonds is 4. The third-order valence-electron chi connectivity index (χ3n) is 4.19. The Morgan fingerprint density at radius 3 is 2.88 bits per heavy atom. The summed E-state index contributed by atoms with van der Waals surface area (Å²) in [7, 11) is 1.62. The molecule has 2 aromatic rings. The number of β-amino-alcohol motifs (C(OH)–C–C–N with tert-alkyl or cyclic N) is 1. The second kappa shape index (κ2) is 7.36. The molecule has 0 bridgehead atoms. The summed E-state index contributed by atoms with van der Waals surface area (Å²) < 4.78 is 5.23. The topological polar surface area (TPSA) is 61.8 Å². The van der Waals surface area contributed by atoms with Gasteiger partial charge in [-0.2, -0.15) is 0 Å². The van der Waals surface area contributed by atoms with Gasteiger partial charge >= 0.3 is 0 Å². The van der Waals surface area contributed by atoms with E-state index in [1.807, 2.05) is 48.5 Å². The van der Waals surface area contributed by atoms with Crippen LogP contribution in [0.3, 0.4) is 0 Å². The van der Waals surface area contributed by atoms with Gasteiger partial charge in [0, 0.05) is 24.8 Å². The number of hydrogen-bond donors (Lipinski definition) is 2. The lowest BCUT2D eigenvalue weighted by molar-refractivity contribution is 0.0474. The van der Waals surface area contributed by atoms with Gasteiger partial charge in [0.2, 0.25) is 0 Å². The van der Waals surface area contributed by atoms with E-state index < -0.39 is 6.10 Å². The summed E-state index contributed by atoms with van der Waals surface area (Å²) in [5.74, 6) is 0.697. The number of ether oxygens (including phenoxy) is 1. The van der Waals surface area contributed by atoms with Crippen LogP contribution in [0.15, 0.2) is 48.5 Å². The van der Waals surface area contributed by atoms with Crippen LogP contribution in [0, 0.1) is 0 Å². The molecule has 1 heterocycles. The molecule has 1 atom stereocenters. The van der Waals surface area contributed by atoms with Crippen molar-refractivity contribution in [3.8, 4) is 5.75 Å². The molecule has 1 fully saturated rings. The lowest BCUT2D eigenvalue weighted by Gasteiger charge is -2.30. The molecule has 5 heteroatoms. The number of carbonyl (C=O) groups is 1. The van der Waals surface area contributed by atoms with Crippen LogP contribution in [0.25, 0.3) is 0 Å². The number of likely N-dealkylation sites (tertiary alicyclic amines) is 1. The summed E-state index contributed by atoms with van der Waals surface area (Å²) in [6.07, 6.45) is 1.16. The molecule has 3 rings (SSSR count). The second-order valence-corrected chi connectivity index (χ2v) is 5.95. The van der Waals surface area contributed by atoms with Crippen LogP contribution in [-0.4, -0.2) is 42.2 Å². The Morgan fingerprint density at radius 2 is 2.08 bits per heavy atom. The standard InChI is InChI=1S/C19H22N2O3/c1-24-16-8-4-6-14(12-16)20-18-10-3-2-9-17(18)19(23)21-11-5-7-15(22)13-21/h2-4,6,8-10,12,15,20,22H,5,7,11,13H2,1H3. The summed E-state index contributed by atoms with van der Waals surface area (Å²) in [5.41, 5.74) is 2.21. The highest BCUT2D eigenvalue weighted by Crippen LogP contribution is 2.25. The molecule has 1 saturated heterocycles. The van der Waals surface area contributed by atoms with Gasteiger partial charge in [0.15, 0.2) is 0 Å². The number of nitrogens with zero attached hydrogens (tertiary/aromatic N) is 1. The number of hydrogen-bond acceptors (Lipinski definition) is 4. The van der Waals surface area contributed by atoms with Crippen molar-refractivity contribution in [2.24, 2.45) is 0 Å². The number of para-hydroxylation sites is 1. The summed E-state index contributed by atoms with van der Waals surface area (Å²) in [6.45, 7) is 1.08. The summed E-state index contributed by atoms with van der Waals surface area (Å²) in [4.78, 5) is 14.6. The fourth-order valence-electron chi connectivity index (χ4n) is 2.94. The average Bonchev–Trinajstić information content (AvgIpc) is 2.62. The van der Waals surface area contributed by atoms with Gasteiger partial charge in [0.1, 0.15) is 5.75 Å². The smallest absolute Gasteiger partial charge is 0.256 e. The molecule has 0 aromatic heterocycles. The van der Waals surface area contributed by atoms with Crippen molar-refractivity contribution in [2.75, 3.05) is 25.5 Å². The van der Waals surface area contributed by atoms with E-state index >= 15 is 0 Å². The van der Waals surface area contributed by atoms with Gasteiger partial charge in [0.05, 0.1) is 24.5 Å². The zero-order valence-electron chi connectivity index (χ0n) is 13.7. The van der Waals surface area contributed by atoms with Crippen LogP contribution >= 0.6 is 0 Å². The molecular formula is C19H22N2O3. The fourth-order valence-corrected chi connectivity index (χ4v) is 2.94. The minimum atomic E-state index is -0.429. The number of piperidine rings is 1. The normalized spacial score (nSPS) is 17.4. The first-order valence-corrected chi connectivity index (χ1v) is 8.15. The number of aliphatic hydroxyl groups is 1. The van der Waals surface area contributed by atoms with Crippen LogP contribution in [-0.2, 0) is 0 Å². The zero-order chi connectivity index (χ0) is 16.9. The SMILES string of the molecule is COc1cccc(Nc2ccccc2C(=O)N2CCCC(O)C2)c1. The number of benzene rings is 2. The molecule has 126 valence electrons. The van der Waals surface area contributed by atoms with Crippen molar-refractivity contribution in [1.82, 2.24) is 4.90 Å². The minimum absolute atomic E-state index is 0.0558. The molecule has 0 radical (unpaired) electrons. The number of methoxy groups -OCH3 is 1. The lowest BCUT2D eigenvalue weighted by atomic mass is 10.1. The average molecular weight is 326 g/mol. The van der Waals surface area contributed by atoms with E-state index in [1.165, 1.54) is 0 Å². The molecule has 0 saturated carbocycles. The Bertz CT molecular complexity index is 717. The van der Waals surface area contributed by atoms with Gasteiger partial charge < -0.3 is 20.1 Å². The van der Waals surface area contributed by atoms with Gasteiger partial charge in [-0.25, -0.2) is 0 Å². The molecule has 5 nitrogen and oxygen atoms in total. The first-order chi connectivity index (χ1) is 11.7. The highest BCUT2D eigenvalue weighted by Gasteiger charge is 2.24. The monoisotopic (exact) mass is 326 g/mol. The molecule has 2 aromatic carbocycles. The Balaban J connectivity index is 1.83. The summed E-state index contributed by atoms with van der Waals surface area (Å²) in [6, 6.07) is 15.0. The van der Waals surface area contributed by atoms with Gasteiger partial charge in [0.25, 0.3) is 5.91 Å². The molecule has 2 N–H and O–H groups in total. The number of amides is 1. The van der Waals surface area contributed by atoms with Gasteiger partial charge in [-0.1, -0.05) is 18.2 Å². The molecule has 0 spiro atoms. The van der Waals surface area contributed by atoms with E-state index in [1.54, 1.807) is 12.0 Å². The maximum atomic E-state index is 12.8. The fraction of sp³-hybridized carbons (Fsp3) is 0.316. The van der Waals surface area contributed by atoms with Crippen LogP contribution in [0.5, 0.6) is 5.75 Å². The van der Waals surface area contributed by atoms with Crippen LogP contribution in [0.1, 0.15) is 23.2 Å². The van der Waals surface area contributed by atoms with Crippen molar-refractivity contribution in [1.29, 1.82) is 0 Å². The Kier molecular flexibility index (Phi) is 5.01. The predicted octanol–water partition coefficient (Wildman–Crippen LogP) is 3.04. The molecule has 1 amide bonds. The van der Waals surface area contributed by atoms with Crippen LogP contribution in [0.2, 0.25) is 0 Å². The molecule has 0 aliphatic carbocycles. The summed E-state index contributed by atoms with van der Waals surface area (Å²) in [5, 5.41) is 13.1. The van der Waals surface area contributed by atoms with E-state index in [2.05, 4.69) is 5.32 Å². The first-order valence-electron chi connectivity index (χ1n) is 8.15. The number of nitrogens with one attached hydrogen (secondary N) is 1. The Hall–Kier alpha value is -2.53. The maximum Gasteiger partial charge on any atom is 0.256 e. The van der Waals surface area contributed by atoms with Crippen molar-refractivity contribution < 1.29 is 14.6 Å². The Morgan fingerprint density at radius 1 is 1.25 bits per heavy atom. The number of carbonyl (C=O) groups excluding carboxylic acids is 1. The van der Waals surface area contributed by atoms with Crippen molar-refractivity contribution in [3.05, 3.63) is 54.1 Å². The number of anilines is 2. The minimum Gasteiger partial charge on any atom is -0.497 e. The maximum absolute atomic E-state index is 12.8. The van der Waals surface area contributed by atoms with E-state index in [4.69, 9.17) is 4.74 Å².